The summed E-state index contributed by atoms with van der Waals surface area (Å²) in [5.74, 6) is -0.651. The summed E-state index contributed by atoms with van der Waals surface area (Å²) in [6.45, 7) is 0. The van der Waals surface area contributed by atoms with E-state index in [1.807, 2.05) is 0 Å². The molecule has 0 bridgehead atoms. The summed E-state index contributed by atoms with van der Waals surface area (Å²) in [5.41, 5.74) is 1.38. The van der Waals surface area contributed by atoms with Crippen LogP contribution in [0.2, 0.25) is 0 Å². The molecule has 1 aliphatic rings. The van der Waals surface area contributed by atoms with Crippen LogP contribution in [-0.2, 0) is 16.0 Å². The molecule has 14 heavy (non-hydrogen) atoms. The molecule has 0 aromatic carbocycles. The van der Waals surface area contributed by atoms with Crippen molar-refractivity contribution >= 4 is 11.9 Å². The summed E-state index contributed by atoms with van der Waals surface area (Å²) in [5, 5.41) is 2.58. The van der Waals surface area contributed by atoms with Gasteiger partial charge in [-0.3, -0.25) is 4.79 Å². The molecule has 1 aliphatic heterocycles. The number of H-pyrrole nitrogens is 1. The summed E-state index contributed by atoms with van der Waals surface area (Å²) in [7, 11) is 1.30. The van der Waals surface area contributed by atoms with Crippen molar-refractivity contribution in [2.45, 2.75) is 12.5 Å². The van der Waals surface area contributed by atoms with Crippen LogP contribution in [0.15, 0.2) is 12.3 Å². The average molecular weight is 194 g/mol. The highest BCUT2D eigenvalue weighted by molar-refractivity contribution is 5.99. The lowest BCUT2D eigenvalue weighted by atomic mass is 10.0. The molecule has 2 N–H and O–H groups in total. The number of rotatable bonds is 1. The second-order valence-corrected chi connectivity index (χ2v) is 3.12. The van der Waals surface area contributed by atoms with Crippen LogP contribution in [0.3, 0.4) is 0 Å². The third-order valence-electron chi connectivity index (χ3n) is 2.28. The Balaban J connectivity index is 2.25. The number of carbonyl (C=O) groups excluding carboxylic acids is 2. The number of carbonyl (C=O) groups is 2. The number of hydrogen-bond acceptors (Lipinski definition) is 3. The summed E-state index contributed by atoms with van der Waals surface area (Å²) in [6.07, 6.45) is 2.14. The van der Waals surface area contributed by atoms with Gasteiger partial charge in [-0.1, -0.05) is 0 Å². The van der Waals surface area contributed by atoms with E-state index in [1.165, 1.54) is 7.11 Å². The second-order valence-electron chi connectivity index (χ2n) is 3.12. The quantitative estimate of drug-likeness (QED) is 0.610. The minimum absolute atomic E-state index is 0.233. The molecule has 0 spiro atoms. The Morgan fingerprint density at radius 1 is 1.64 bits per heavy atom. The third-order valence-corrected chi connectivity index (χ3v) is 2.28. The number of hydrogen-bond donors (Lipinski definition) is 2. The first-order valence-corrected chi connectivity index (χ1v) is 4.27. The second kappa shape index (κ2) is 3.17. The van der Waals surface area contributed by atoms with Crippen LogP contribution >= 0.6 is 0 Å². The highest BCUT2D eigenvalue weighted by Gasteiger charge is 2.30. The zero-order chi connectivity index (χ0) is 10.1. The average Bonchev–Trinajstić information content (AvgIpc) is 2.64. The van der Waals surface area contributed by atoms with Gasteiger partial charge >= 0.3 is 5.97 Å². The van der Waals surface area contributed by atoms with Gasteiger partial charge in [-0.05, 0) is 6.07 Å². The van der Waals surface area contributed by atoms with Gasteiger partial charge in [0.05, 0.1) is 12.7 Å². The Labute approximate surface area is 80.4 Å². The molecule has 1 amide bonds. The van der Waals surface area contributed by atoms with Gasteiger partial charge in [0, 0.05) is 18.3 Å². The van der Waals surface area contributed by atoms with Crippen molar-refractivity contribution in [1.29, 1.82) is 0 Å². The molecule has 0 radical (unpaired) electrons. The smallest absolute Gasteiger partial charge is 0.328 e. The molecule has 5 heteroatoms. The molecule has 2 heterocycles. The van der Waals surface area contributed by atoms with Gasteiger partial charge in [0.1, 0.15) is 6.04 Å². The lowest BCUT2D eigenvalue weighted by molar-refractivity contribution is -0.142. The fourth-order valence-corrected chi connectivity index (χ4v) is 1.56. The molecule has 0 fully saturated rings. The summed E-state index contributed by atoms with van der Waals surface area (Å²) >= 11 is 0. The molecule has 5 nitrogen and oxygen atoms in total. The van der Waals surface area contributed by atoms with E-state index < -0.39 is 12.0 Å². The molecular formula is C9H10N2O3. The van der Waals surface area contributed by atoms with Crippen molar-refractivity contribution in [3.05, 3.63) is 23.5 Å². The van der Waals surface area contributed by atoms with Crippen molar-refractivity contribution in [2.75, 3.05) is 7.11 Å². The van der Waals surface area contributed by atoms with E-state index in [1.54, 1.807) is 12.3 Å². The molecule has 1 aromatic heterocycles. The van der Waals surface area contributed by atoms with E-state index in [-0.39, 0.29) is 5.91 Å². The largest absolute Gasteiger partial charge is 0.467 e. The van der Waals surface area contributed by atoms with E-state index in [4.69, 9.17) is 0 Å². The Kier molecular flexibility index (Phi) is 1.99. The maximum atomic E-state index is 11.4. The molecule has 1 aromatic rings. The monoisotopic (exact) mass is 194 g/mol. The van der Waals surface area contributed by atoms with E-state index in [2.05, 4.69) is 15.0 Å². The molecule has 1 atom stereocenters. The van der Waals surface area contributed by atoms with Crippen LogP contribution in [0.4, 0.5) is 0 Å². The summed E-state index contributed by atoms with van der Waals surface area (Å²) in [4.78, 5) is 25.6. The Morgan fingerprint density at radius 3 is 3.14 bits per heavy atom. The van der Waals surface area contributed by atoms with E-state index in [9.17, 15) is 9.59 Å². The van der Waals surface area contributed by atoms with Crippen LogP contribution in [0.25, 0.3) is 0 Å². The third kappa shape index (κ3) is 1.26. The summed E-state index contributed by atoms with van der Waals surface area (Å²) < 4.78 is 4.56. The van der Waals surface area contributed by atoms with Crippen LogP contribution in [0, 0.1) is 0 Å². The predicted molar refractivity (Wildman–Crippen MR) is 47.8 cm³/mol. The Hall–Kier alpha value is -1.78. The van der Waals surface area contributed by atoms with Gasteiger partial charge in [-0.25, -0.2) is 4.79 Å². The lowest BCUT2D eigenvalue weighted by Gasteiger charge is -2.20. The molecule has 74 valence electrons. The number of ether oxygens (including phenoxy) is 1. The van der Waals surface area contributed by atoms with Crippen LogP contribution in [0.1, 0.15) is 16.1 Å². The van der Waals surface area contributed by atoms with Crippen LogP contribution in [-0.4, -0.2) is 30.0 Å². The topological polar surface area (TPSA) is 71.2 Å². The normalized spacial score (nSPS) is 19.8. The maximum absolute atomic E-state index is 11.4. The van der Waals surface area contributed by atoms with Crippen molar-refractivity contribution in [3.63, 3.8) is 0 Å². The number of amides is 1. The number of nitrogens with one attached hydrogen (secondary N) is 2. The zero-order valence-electron chi connectivity index (χ0n) is 7.66. The molecule has 2 rings (SSSR count). The first kappa shape index (κ1) is 8.80. The Bertz CT molecular complexity index is 383. The fraction of sp³-hybridized carbons (Fsp3) is 0.333. The number of aromatic amines is 1. The van der Waals surface area contributed by atoms with Crippen molar-refractivity contribution in [3.8, 4) is 0 Å². The van der Waals surface area contributed by atoms with Gasteiger partial charge in [0.25, 0.3) is 5.91 Å². The molecule has 0 saturated heterocycles. The highest BCUT2D eigenvalue weighted by atomic mass is 16.5. The van der Waals surface area contributed by atoms with Crippen molar-refractivity contribution < 1.29 is 14.3 Å². The van der Waals surface area contributed by atoms with Gasteiger partial charge in [0.2, 0.25) is 0 Å². The van der Waals surface area contributed by atoms with Gasteiger partial charge in [-0.2, -0.15) is 0 Å². The minimum atomic E-state index is -0.571. The fourth-order valence-electron chi connectivity index (χ4n) is 1.56. The number of aromatic nitrogens is 1. The first-order chi connectivity index (χ1) is 6.72. The SMILES string of the molecule is COC(=O)C1Cc2[nH]ccc2C(=O)N1. The highest BCUT2D eigenvalue weighted by Crippen LogP contribution is 2.15. The maximum Gasteiger partial charge on any atom is 0.328 e. The summed E-state index contributed by atoms with van der Waals surface area (Å²) in [6, 6.07) is 1.12. The Morgan fingerprint density at radius 2 is 2.43 bits per heavy atom. The number of fused-ring (bicyclic) bond motifs is 1. The van der Waals surface area contributed by atoms with Gasteiger partial charge in [-0.15, -0.1) is 0 Å². The predicted octanol–water partition coefficient (Wildman–Crippen LogP) is -0.158. The molecular weight excluding hydrogens is 184 g/mol. The molecule has 0 aliphatic carbocycles. The number of esters is 1. The minimum Gasteiger partial charge on any atom is -0.467 e. The first-order valence-electron chi connectivity index (χ1n) is 4.27. The molecule has 1 unspecified atom stereocenters. The standard InChI is InChI=1S/C9H10N2O3/c1-14-9(13)7-4-6-5(2-3-10-6)8(12)11-7/h2-3,7,10H,4H2,1H3,(H,11,12). The van der Waals surface area contributed by atoms with Crippen molar-refractivity contribution in [2.24, 2.45) is 0 Å². The lowest BCUT2D eigenvalue weighted by Crippen LogP contribution is -2.46. The van der Waals surface area contributed by atoms with Crippen LogP contribution in [0.5, 0.6) is 0 Å². The van der Waals surface area contributed by atoms with Gasteiger partial charge in [0.15, 0.2) is 0 Å². The van der Waals surface area contributed by atoms with E-state index in [0.717, 1.165) is 5.69 Å². The molecule has 0 saturated carbocycles. The zero-order valence-corrected chi connectivity index (χ0v) is 7.66. The number of methoxy groups -OCH3 is 1. The van der Waals surface area contributed by atoms with Crippen molar-refractivity contribution in [1.82, 2.24) is 10.3 Å². The van der Waals surface area contributed by atoms with E-state index in [0.29, 0.717) is 12.0 Å². The van der Waals surface area contributed by atoms with Gasteiger partial charge < -0.3 is 15.0 Å². The van der Waals surface area contributed by atoms with E-state index >= 15 is 0 Å². The van der Waals surface area contributed by atoms with Crippen LogP contribution < -0.4 is 5.32 Å².